The molecule has 6 nitrogen and oxygen atoms in total. The van der Waals surface area contributed by atoms with E-state index in [1.54, 1.807) is 31.2 Å². The molecular weight excluding hydrogens is 338 g/mol. The molecule has 4 N–H and O–H groups in total. The summed E-state index contributed by atoms with van der Waals surface area (Å²) in [7, 11) is -3.32. The normalized spacial score (nSPS) is 12.4. The minimum Gasteiger partial charge on any atom is -0.326 e. The number of amides is 1. The van der Waals surface area contributed by atoms with E-state index in [9.17, 15) is 13.2 Å². The second kappa shape index (κ2) is 8.64. The monoisotopic (exact) mass is 361 g/mol. The second-order valence-electron chi connectivity index (χ2n) is 5.77. The minimum atomic E-state index is -3.32. The van der Waals surface area contributed by atoms with E-state index in [0.717, 1.165) is 5.56 Å². The maximum Gasteiger partial charge on any atom is 0.232 e. The van der Waals surface area contributed by atoms with E-state index in [1.807, 2.05) is 30.3 Å². The molecule has 0 saturated carbocycles. The zero-order valence-electron chi connectivity index (χ0n) is 14.1. The van der Waals surface area contributed by atoms with E-state index in [-0.39, 0.29) is 24.1 Å². The quantitative estimate of drug-likeness (QED) is 0.673. The lowest BCUT2D eigenvalue weighted by Crippen LogP contribution is -2.20. The fourth-order valence-electron chi connectivity index (χ4n) is 2.35. The van der Waals surface area contributed by atoms with Crippen molar-refractivity contribution in [1.29, 1.82) is 0 Å². The van der Waals surface area contributed by atoms with Crippen molar-refractivity contribution >= 4 is 27.3 Å². The zero-order valence-corrected chi connectivity index (χ0v) is 14.9. The topological polar surface area (TPSA) is 101 Å². The first-order valence-electron chi connectivity index (χ1n) is 8.10. The van der Waals surface area contributed by atoms with Crippen LogP contribution in [-0.4, -0.2) is 20.1 Å². The Morgan fingerprint density at radius 2 is 1.64 bits per heavy atom. The molecule has 0 fully saturated rings. The lowest BCUT2D eigenvalue weighted by Gasteiger charge is -2.12. The Balaban J connectivity index is 1.91. The van der Waals surface area contributed by atoms with Gasteiger partial charge in [-0.2, -0.15) is 0 Å². The van der Waals surface area contributed by atoms with Gasteiger partial charge in [-0.25, -0.2) is 8.42 Å². The molecule has 1 unspecified atom stereocenters. The van der Waals surface area contributed by atoms with Gasteiger partial charge in [-0.15, -0.1) is 0 Å². The molecule has 0 aromatic heterocycles. The number of hydrogen-bond acceptors (Lipinski definition) is 4. The first kappa shape index (κ1) is 19.0. The highest BCUT2D eigenvalue weighted by molar-refractivity contribution is 7.92. The maximum absolute atomic E-state index is 12.1. The van der Waals surface area contributed by atoms with Crippen molar-refractivity contribution in [2.45, 2.75) is 25.8 Å². The molecule has 2 aromatic rings. The average molecular weight is 361 g/mol. The van der Waals surface area contributed by atoms with Gasteiger partial charge in [0, 0.05) is 23.8 Å². The van der Waals surface area contributed by atoms with Gasteiger partial charge in [-0.1, -0.05) is 37.3 Å². The summed E-state index contributed by atoms with van der Waals surface area (Å²) < 4.78 is 25.9. The highest BCUT2D eigenvalue weighted by Gasteiger charge is 2.12. The smallest absolute Gasteiger partial charge is 0.232 e. The minimum absolute atomic E-state index is 0.0723. The molecule has 2 aromatic carbocycles. The molecule has 134 valence electrons. The highest BCUT2D eigenvalue weighted by atomic mass is 32.2. The van der Waals surface area contributed by atoms with E-state index in [1.165, 1.54) is 0 Å². The van der Waals surface area contributed by atoms with Crippen LogP contribution >= 0.6 is 0 Å². The second-order valence-corrected chi connectivity index (χ2v) is 7.61. The van der Waals surface area contributed by atoms with Crippen LogP contribution in [0, 0.1) is 0 Å². The third kappa shape index (κ3) is 6.21. The molecule has 2 rings (SSSR count). The van der Waals surface area contributed by atoms with Gasteiger partial charge in [0.2, 0.25) is 15.9 Å². The Morgan fingerprint density at radius 1 is 1.04 bits per heavy atom. The molecule has 0 radical (unpaired) electrons. The van der Waals surface area contributed by atoms with Crippen molar-refractivity contribution in [2.24, 2.45) is 5.73 Å². The molecule has 1 atom stereocenters. The van der Waals surface area contributed by atoms with Crippen molar-refractivity contribution < 1.29 is 13.2 Å². The van der Waals surface area contributed by atoms with Gasteiger partial charge in [0.15, 0.2) is 0 Å². The molecule has 0 aliphatic heterocycles. The van der Waals surface area contributed by atoms with E-state index in [0.29, 0.717) is 17.8 Å². The van der Waals surface area contributed by atoms with Gasteiger partial charge < -0.3 is 11.1 Å². The molecule has 0 aliphatic rings. The van der Waals surface area contributed by atoms with Crippen LogP contribution in [0.25, 0.3) is 0 Å². The summed E-state index contributed by atoms with van der Waals surface area (Å²) in [6.07, 6.45) is 0.708. The van der Waals surface area contributed by atoms with Gasteiger partial charge in [0.25, 0.3) is 0 Å². The van der Waals surface area contributed by atoms with Gasteiger partial charge in [0.1, 0.15) is 0 Å². The first-order valence-corrected chi connectivity index (χ1v) is 9.76. The number of anilines is 2. The molecule has 0 saturated heterocycles. The van der Waals surface area contributed by atoms with Crippen LogP contribution in [0.5, 0.6) is 0 Å². The van der Waals surface area contributed by atoms with Crippen LogP contribution < -0.4 is 15.8 Å². The Hall–Kier alpha value is -2.38. The van der Waals surface area contributed by atoms with Crippen molar-refractivity contribution in [3.8, 4) is 0 Å². The van der Waals surface area contributed by atoms with Crippen molar-refractivity contribution in [3.05, 3.63) is 60.2 Å². The number of benzene rings is 2. The first-order chi connectivity index (χ1) is 11.9. The van der Waals surface area contributed by atoms with Gasteiger partial charge in [-0.05, 0) is 36.2 Å². The van der Waals surface area contributed by atoms with Crippen molar-refractivity contribution in [3.63, 3.8) is 0 Å². The van der Waals surface area contributed by atoms with E-state index < -0.39 is 10.0 Å². The third-order valence-corrected chi connectivity index (χ3v) is 5.04. The van der Waals surface area contributed by atoms with E-state index in [4.69, 9.17) is 5.73 Å². The van der Waals surface area contributed by atoms with Crippen LogP contribution in [0.3, 0.4) is 0 Å². The van der Waals surface area contributed by atoms with Crippen molar-refractivity contribution in [2.75, 3.05) is 15.8 Å². The van der Waals surface area contributed by atoms with E-state index in [2.05, 4.69) is 10.0 Å². The molecule has 1 amide bonds. The Morgan fingerprint density at radius 3 is 2.24 bits per heavy atom. The molecule has 0 heterocycles. The maximum atomic E-state index is 12.1. The lowest BCUT2D eigenvalue weighted by molar-refractivity contribution is -0.116. The van der Waals surface area contributed by atoms with Gasteiger partial charge in [-0.3, -0.25) is 9.52 Å². The fourth-order valence-corrected chi connectivity index (χ4v) is 3.49. The van der Waals surface area contributed by atoms with Crippen LogP contribution in [0.4, 0.5) is 11.4 Å². The lowest BCUT2D eigenvalue weighted by atomic mass is 10.0. The van der Waals surface area contributed by atoms with Gasteiger partial charge in [0.05, 0.1) is 5.75 Å². The van der Waals surface area contributed by atoms with E-state index >= 15 is 0 Å². The summed E-state index contributed by atoms with van der Waals surface area (Å²) in [6, 6.07) is 15.6. The third-order valence-electron chi connectivity index (χ3n) is 3.55. The molecule has 25 heavy (non-hydrogen) atoms. The number of rotatable bonds is 8. The fraction of sp³-hybridized carbons (Fsp3) is 0.278. The summed E-state index contributed by atoms with van der Waals surface area (Å²) >= 11 is 0. The average Bonchev–Trinajstić information content (AvgIpc) is 2.57. The largest absolute Gasteiger partial charge is 0.326 e. The summed E-state index contributed by atoms with van der Waals surface area (Å²) in [5.74, 6) is -0.126. The number of carbonyl (C=O) groups excluding carboxylic acids is 1. The Kier molecular flexibility index (Phi) is 6.55. The Bertz CT molecular complexity index is 790. The summed E-state index contributed by atoms with van der Waals surface area (Å²) in [5.41, 5.74) is 7.99. The molecular formula is C18H23N3O3S. The standard InChI is InChI=1S/C18H23N3O3S/c1-2-12-25(23,24)21-16-10-8-15(9-11-16)20-18(22)13-17(19)14-6-4-3-5-7-14/h3-11,17,21H,2,12-13,19H2,1H3,(H,20,22). The number of nitrogens with two attached hydrogens (primary N) is 1. The van der Waals surface area contributed by atoms with Crippen molar-refractivity contribution in [1.82, 2.24) is 0 Å². The molecule has 0 aliphatic carbocycles. The van der Waals surface area contributed by atoms with Crippen LogP contribution in [0.15, 0.2) is 54.6 Å². The Labute approximate surface area is 148 Å². The molecule has 7 heteroatoms. The molecule has 0 bridgehead atoms. The zero-order chi connectivity index (χ0) is 18.3. The van der Waals surface area contributed by atoms with Crippen LogP contribution in [-0.2, 0) is 14.8 Å². The summed E-state index contributed by atoms with van der Waals surface area (Å²) in [4.78, 5) is 12.1. The molecule has 0 spiro atoms. The summed E-state index contributed by atoms with van der Waals surface area (Å²) in [6.45, 7) is 1.80. The SMILES string of the molecule is CCCS(=O)(=O)Nc1ccc(NC(=O)CC(N)c2ccccc2)cc1. The highest BCUT2D eigenvalue weighted by Crippen LogP contribution is 2.17. The summed E-state index contributed by atoms with van der Waals surface area (Å²) in [5, 5.41) is 2.76. The number of sulfonamides is 1. The predicted molar refractivity (Wildman–Crippen MR) is 101 cm³/mol. The van der Waals surface area contributed by atoms with Crippen LogP contribution in [0.1, 0.15) is 31.4 Å². The predicted octanol–water partition coefficient (Wildman–Crippen LogP) is 2.87. The van der Waals surface area contributed by atoms with Crippen LogP contribution in [0.2, 0.25) is 0 Å². The van der Waals surface area contributed by atoms with Gasteiger partial charge >= 0.3 is 0 Å². The number of carbonyl (C=O) groups is 1. The number of nitrogens with one attached hydrogen (secondary N) is 2. The number of hydrogen-bond donors (Lipinski definition) is 3.